The second kappa shape index (κ2) is 12.2. The molecule has 2 aromatic carbocycles. The van der Waals surface area contributed by atoms with Crippen molar-refractivity contribution in [3.05, 3.63) is 47.5 Å². The second-order valence-electron chi connectivity index (χ2n) is 13.0. The van der Waals surface area contributed by atoms with Gasteiger partial charge in [-0.15, -0.1) is 0 Å². The van der Waals surface area contributed by atoms with Gasteiger partial charge in [-0.2, -0.15) is 0 Å². The number of nitrogens with one attached hydrogen (secondary N) is 4. The van der Waals surface area contributed by atoms with Crippen molar-refractivity contribution < 1.29 is 28.7 Å². The Balaban J connectivity index is 1.12. The number of fused-ring (bicyclic) bond motifs is 4. The molecule has 0 atom stereocenters. The Morgan fingerprint density at radius 1 is 0.667 bits per heavy atom. The smallest absolute Gasteiger partial charge is 0.251 e. The van der Waals surface area contributed by atoms with Crippen LogP contribution in [0.1, 0.15) is 68.9 Å². The number of carbonyl (C=O) groups is 4. The molecule has 11 nitrogen and oxygen atoms in total. The van der Waals surface area contributed by atoms with E-state index in [0.717, 1.165) is 43.2 Å². The van der Waals surface area contributed by atoms with Crippen LogP contribution in [0.15, 0.2) is 36.4 Å². The summed E-state index contributed by atoms with van der Waals surface area (Å²) in [6.45, 7) is 3.41. The summed E-state index contributed by atoms with van der Waals surface area (Å²) < 4.78 is 11.0. The maximum absolute atomic E-state index is 13.9. The monoisotopic (exact) mass is 615 g/mol. The highest BCUT2D eigenvalue weighted by Crippen LogP contribution is 2.46. The van der Waals surface area contributed by atoms with Gasteiger partial charge in [0.25, 0.3) is 11.8 Å². The van der Waals surface area contributed by atoms with E-state index in [2.05, 4.69) is 21.3 Å². The molecule has 5 aliphatic heterocycles. The van der Waals surface area contributed by atoms with Gasteiger partial charge < -0.3 is 30.7 Å². The molecule has 11 heteroatoms. The molecule has 45 heavy (non-hydrogen) atoms. The Bertz CT molecular complexity index is 1400. The topological polar surface area (TPSA) is 138 Å². The Labute approximate surface area is 262 Å². The first-order chi connectivity index (χ1) is 21.9. The number of benzene rings is 2. The molecule has 2 spiro atoms. The van der Waals surface area contributed by atoms with E-state index in [1.807, 2.05) is 29.2 Å². The zero-order valence-electron chi connectivity index (χ0n) is 25.5. The average Bonchev–Trinajstić information content (AvgIpc) is 3.43. The highest BCUT2D eigenvalue weighted by Gasteiger charge is 2.49. The molecule has 0 aliphatic carbocycles. The van der Waals surface area contributed by atoms with Crippen LogP contribution in [0.3, 0.4) is 0 Å². The Morgan fingerprint density at radius 3 is 1.53 bits per heavy atom. The summed E-state index contributed by atoms with van der Waals surface area (Å²) in [5.74, 6) is -0.909. The van der Waals surface area contributed by atoms with Crippen molar-refractivity contribution in [1.82, 2.24) is 4.90 Å². The quantitative estimate of drug-likeness (QED) is 0.375. The SMILES string of the molecule is O=C(Nc1ccc2c(c1)NC(=O)C21CCOCC1)C(C(=O)Nc1ccc2c(c1)NC(=O)C21CCOCC1)N1CCCCCCC1. The number of hydrogen-bond donors (Lipinski definition) is 4. The van der Waals surface area contributed by atoms with Crippen LogP contribution in [-0.4, -0.2) is 74.1 Å². The lowest BCUT2D eigenvalue weighted by Crippen LogP contribution is -2.52. The molecule has 0 saturated carbocycles. The first-order valence-corrected chi connectivity index (χ1v) is 16.3. The highest BCUT2D eigenvalue weighted by atomic mass is 16.5. The van der Waals surface area contributed by atoms with Gasteiger partial charge in [0.1, 0.15) is 0 Å². The summed E-state index contributed by atoms with van der Waals surface area (Å²) >= 11 is 0. The van der Waals surface area contributed by atoms with Crippen molar-refractivity contribution in [3.63, 3.8) is 0 Å². The summed E-state index contributed by atoms with van der Waals surface area (Å²) in [5, 5.41) is 12.0. The van der Waals surface area contributed by atoms with Crippen LogP contribution in [0.2, 0.25) is 0 Å². The largest absolute Gasteiger partial charge is 0.381 e. The maximum Gasteiger partial charge on any atom is 0.251 e. The third-order valence-electron chi connectivity index (χ3n) is 10.4. The molecule has 5 aliphatic rings. The van der Waals surface area contributed by atoms with Crippen molar-refractivity contribution in [2.45, 2.75) is 74.7 Å². The predicted molar refractivity (Wildman–Crippen MR) is 169 cm³/mol. The summed E-state index contributed by atoms with van der Waals surface area (Å²) in [6.07, 6.45) is 7.57. The van der Waals surface area contributed by atoms with E-state index in [9.17, 15) is 19.2 Å². The van der Waals surface area contributed by atoms with Crippen LogP contribution < -0.4 is 21.3 Å². The highest BCUT2D eigenvalue weighted by molar-refractivity contribution is 6.15. The van der Waals surface area contributed by atoms with Crippen LogP contribution in [-0.2, 0) is 39.5 Å². The summed E-state index contributed by atoms with van der Waals surface area (Å²) in [5.41, 5.74) is 3.09. The van der Waals surface area contributed by atoms with Crippen molar-refractivity contribution >= 4 is 46.4 Å². The predicted octanol–water partition coefficient (Wildman–Crippen LogP) is 3.90. The van der Waals surface area contributed by atoms with Gasteiger partial charge in [-0.05, 0) is 87.0 Å². The first-order valence-electron chi connectivity index (χ1n) is 16.3. The summed E-state index contributed by atoms with van der Waals surface area (Å²) in [4.78, 5) is 55.9. The fourth-order valence-electron chi connectivity index (χ4n) is 7.85. The summed E-state index contributed by atoms with van der Waals surface area (Å²) in [7, 11) is 0. The van der Waals surface area contributed by atoms with Gasteiger partial charge in [0.15, 0.2) is 6.04 Å². The average molecular weight is 616 g/mol. The lowest BCUT2D eigenvalue weighted by atomic mass is 9.75. The van der Waals surface area contributed by atoms with E-state index in [1.165, 1.54) is 0 Å². The number of carbonyl (C=O) groups excluding carboxylic acids is 4. The molecule has 0 unspecified atom stereocenters. The van der Waals surface area contributed by atoms with E-state index in [0.29, 0.717) is 87.9 Å². The van der Waals surface area contributed by atoms with Gasteiger partial charge in [0.05, 0.1) is 10.8 Å². The van der Waals surface area contributed by atoms with Crippen molar-refractivity contribution in [1.29, 1.82) is 0 Å². The number of nitrogens with zero attached hydrogens (tertiary/aromatic N) is 1. The molecule has 2 aromatic rings. The Morgan fingerprint density at radius 2 is 1.09 bits per heavy atom. The summed E-state index contributed by atoms with van der Waals surface area (Å²) in [6, 6.07) is 9.95. The fraction of sp³-hybridized carbons (Fsp3) is 0.529. The van der Waals surface area contributed by atoms with E-state index in [1.54, 1.807) is 12.1 Å². The Kier molecular flexibility index (Phi) is 8.09. The molecule has 4 amide bonds. The van der Waals surface area contributed by atoms with Gasteiger partial charge >= 0.3 is 0 Å². The minimum atomic E-state index is -1.06. The van der Waals surface area contributed by atoms with E-state index in [-0.39, 0.29) is 11.8 Å². The van der Waals surface area contributed by atoms with Crippen LogP contribution in [0.4, 0.5) is 22.7 Å². The minimum absolute atomic E-state index is 0.0320. The van der Waals surface area contributed by atoms with Crippen LogP contribution in [0.25, 0.3) is 0 Å². The molecule has 5 heterocycles. The van der Waals surface area contributed by atoms with Crippen molar-refractivity contribution in [2.24, 2.45) is 0 Å². The van der Waals surface area contributed by atoms with Crippen molar-refractivity contribution in [2.75, 3.05) is 60.8 Å². The molecule has 3 saturated heterocycles. The molecule has 0 radical (unpaired) electrons. The Hall–Kier alpha value is -3.80. The number of rotatable bonds is 5. The standard InChI is InChI=1S/C34H41N5O6/c40-29(35-22-6-8-24-26(20-22)37-31(42)33(24)10-16-44-17-11-33)28(39-14-4-2-1-3-5-15-39)30(41)36-23-7-9-25-27(21-23)38-32(43)34(25)12-18-45-19-13-34/h6-9,20-21,28H,1-5,10-19H2,(H,35,40)(H,36,41)(H,37,42)(H,38,43). The zero-order valence-corrected chi connectivity index (χ0v) is 25.5. The number of likely N-dealkylation sites (tertiary alicyclic amines) is 1. The minimum Gasteiger partial charge on any atom is -0.381 e. The van der Waals surface area contributed by atoms with E-state index >= 15 is 0 Å². The molecule has 3 fully saturated rings. The zero-order chi connectivity index (χ0) is 31.0. The number of hydrogen-bond acceptors (Lipinski definition) is 7. The number of ether oxygens (including phenoxy) is 2. The van der Waals surface area contributed by atoms with Gasteiger partial charge in [0, 0.05) is 49.2 Å². The molecule has 7 rings (SSSR count). The van der Waals surface area contributed by atoms with Crippen LogP contribution in [0, 0.1) is 0 Å². The first kappa shape index (κ1) is 29.9. The van der Waals surface area contributed by atoms with Gasteiger partial charge in [0.2, 0.25) is 11.8 Å². The number of anilines is 4. The molecular weight excluding hydrogens is 574 g/mol. The molecular formula is C34H41N5O6. The van der Waals surface area contributed by atoms with Gasteiger partial charge in [-0.3, -0.25) is 24.1 Å². The molecule has 0 bridgehead atoms. The molecule has 238 valence electrons. The maximum atomic E-state index is 13.9. The molecule has 0 aromatic heterocycles. The second-order valence-corrected chi connectivity index (χ2v) is 13.0. The van der Waals surface area contributed by atoms with Crippen molar-refractivity contribution in [3.8, 4) is 0 Å². The van der Waals surface area contributed by atoms with Gasteiger partial charge in [-0.25, -0.2) is 0 Å². The normalized spacial score (nSPS) is 22.2. The number of amides is 4. The van der Waals surface area contributed by atoms with Crippen LogP contribution in [0.5, 0.6) is 0 Å². The van der Waals surface area contributed by atoms with Gasteiger partial charge in [-0.1, -0.05) is 31.4 Å². The lowest BCUT2D eigenvalue weighted by molar-refractivity contribution is -0.131. The van der Waals surface area contributed by atoms with Crippen LogP contribution >= 0.6 is 0 Å². The third-order valence-corrected chi connectivity index (χ3v) is 10.4. The third kappa shape index (κ3) is 5.40. The fourth-order valence-corrected chi connectivity index (χ4v) is 7.85. The van der Waals surface area contributed by atoms with E-state index < -0.39 is 28.7 Å². The van der Waals surface area contributed by atoms with E-state index in [4.69, 9.17) is 9.47 Å². The molecule has 4 N–H and O–H groups in total. The lowest BCUT2D eigenvalue weighted by Gasteiger charge is -2.32.